The van der Waals surface area contributed by atoms with Crippen molar-refractivity contribution in [2.45, 2.75) is 45.8 Å². The molecule has 3 rings (SSSR count). The number of anilines is 1. The van der Waals surface area contributed by atoms with Crippen LogP contribution >= 0.6 is 0 Å². The van der Waals surface area contributed by atoms with Gasteiger partial charge in [-0.3, -0.25) is 14.4 Å². The van der Waals surface area contributed by atoms with Crippen LogP contribution in [-0.2, 0) is 18.9 Å². The summed E-state index contributed by atoms with van der Waals surface area (Å²) in [4.78, 5) is 35.4. The third-order valence-electron chi connectivity index (χ3n) is 5.22. The maximum atomic E-state index is 12.2. The summed E-state index contributed by atoms with van der Waals surface area (Å²) in [7, 11) is -0.683. The number of rotatable bonds is 4. The Hall–Kier alpha value is -2.45. The maximum absolute atomic E-state index is 12.2. The van der Waals surface area contributed by atoms with Crippen molar-refractivity contribution in [3.05, 3.63) is 34.8 Å². The molecule has 0 saturated carbocycles. The molecule has 2 N–H and O–H groups in total. The minimum Gasteiger partial charge on any atom is -0.400 e. The van der Waals surface area contributed by atoms with Crippen molar-refractivity contribution in [1.82, 2.24) is 5.32 Å². The molecular weight excluding hydrogens is 347 g/mol. The zero-order valence-corrected chi connectivity index (χ0v) is 16.1. The number of amides is 2. The van der Waals surface area contributed by atoms with E-state index in [2.05, 4.69) is 10.6 Å². The minimum atomic E-state index is -0.683. The zero-order valence-electron chi connectivity index (χ0n) is 16.1. The monoisotopic (exact) mass is 370 g/mol. The number of hydrogen-bond acceptors (Lipinski definition) is 5. The van der Waals surface area contributed by atoms with Gasteiger partial charge < -0.3 is 19.9 Å². The Kier molecular flexibility index (Phi) is 4.73. The fourth-order valence-electron chi connectivity index (χ4n) is 2.96. The summed E-state index contributed by atoms with van der Waals surface area (Å²) in [6, 6.07) is 5.18. The first-order valence-electron chi connectivity index (χ1n) is 8.81. The van der Waals surface area contributed by atoms with Crippen molar-refractivity contribution in [1.29, 1.82) is 0 Å². The van der Waals surface area contributed by atoms with Crippen LogP contribution in [0, 0.1) is 0 Å². The van der Waals surface area contributed by atoms with Gasteiger partial charge >= 0.3 is 7.12 Å². The fourth-order valence-corrected chi connectivity index (χ4v) is 2.96. The number of benzene rings is 1. The van der Waals surface area contributed by atoms with E-state index in [0.717, 1.165) is 0 Å². The topological polar surface area (TPSA) is 93.7 Å². The third-order valence-corrected chi connectivity index (χ3v) is 5.22. The van der Waals surface area contributed by atoms with Gasteiger partial charge in [-0.2, -0.15) is 0 Å². The molecule has 0 radical (unpaired) electrons. The Morgan fingerprint density at radius 3 is 2.41 bits per heavy atom. The lowest BCUT2D eigenvalue weighted by molar-refractivity contribution is -0.118. The van der Waals surface area contributed by atoms with Gasteiger partial charge in [0.2, 0.25) is 5.91 Å². The van der Waals surface area contributed by atoms with Gasteiger partial charge in [-0.25, -0.2) is 0 Å². The summed E-state index contributed by atoms with van der Waals surface area (Å²) in [5.74, 6) is -1.42. The highest BCUT2D eigenvalue weighted by atomic mass is 16.7. The Morgan fingerprint density at radius 1 is 1.19 bits per heavy atom. The molecule has 0 aromatic heterocycles. The Balaban J connectivity index is 2.01. The van der Waals surface area contributed by atoms with E-state index < -0.39 is 30.0 Å². The molecule has 0 bridgehead atoms. The smallest absolute Gasteiger partial charge is 0.400 e. The van der Waals surface area contributed by atoms with Crippen molar-refractivity contribution >= 4 is 36.5 Å². The number of Topliss-reactive ketones (excluding diaryl/α,β-unsaturated/α-hetero) is 1. The Morgan fingerprint density at radius 2 is 1.81 bits per heavy atom. The molecular formula is C19H23BN2O5. The standard InChI is InChI=1S/C19H23BN2O5/c1-11(23)21-10-13(20-26-18(2,3)19(4,5)27-20)9-12-7-6-8-14-15(12)16(24)17(25)22-14/h6-9H,10H2,1-5H3,(H,21,23)(H,22,24,25). The van der Waals surface area contributed by atoms with E-state index in [4.69, 9.17) is 9.31 Å². The molecule has 2 aliphatic heterocycles. The van der Waals surface area contributed by atoms with Crippen LogP contribution in [0.3, 0.4) is 0 Å². The maximum Gasteiger partial charge on any atom is 0.492 e. The lowest BCUT2D eigenvalue weighted by Crippen LogP contribution is -2.41. The van der Waals surface area contributed by atoms with E-state index in [1.807, 2.05) is 27.7 Å². The Labute approximate surface area is 158 Å². The first-order chi connectivity index (χ1) is 12.5. The fraction of sp³-hybridized carbons (Fsp3) is 0.421. The summed E-state index contributed by atoms with van der Waals surface area (Å²) in [6.45, 7) is 9.38. The second kappa shape index (κ2) is 6.62. The zero-order chi connectivity index (χ0) is 20.0. The molecule has 8 heteroatoms. The number of fused-ring (bicyclic) bond motifs is 1. The van der Waals surface area contributed by atoms with Gasteiger partial charge in [0, 0.05) is 13.5 Å². The van der Waals surface area contributed by atoms with Crippen LogP contribution in [0.1, 0.15) is 50.5 Å². The van der Waals surface area contributed by atoms with Crippen LogP contribution in [0.25, 0.3) is 6.08 Å². The average molecular weight is 370 g/mol. The van der Waals surface area contributed by atoms with Gasteiger partial charge in [0.15, 0.2) is 0 Å². The molecule has 27 heavy (non-hydrogen) atoms. The Bertz CT molecular complexity index is 844. The molecule has 0 aliphatic carbocycles. The van der Waals surface area contributed by atoms with Gasteiger partial charge in [0.05, 0.1) is 22.5 Å². The van der Waals surface area contributed by atoms with Crippen LogP contribution in [-0.4, -0.2) is 42.5 Å². The van der Waals surface area contributed by atoms with Crippen LogP contribution in [0.2, 0.25) is 0 Å². The summed E-state index contributed by atoms with van der Waals surface area (Å²) in [5.41, 5.74) is 0.943. The number of carbonyl (C=O) groups excluding carboxylic acids is 3. The predicted octanol–water partition coefficient (Wildman–Crippen LogP) is 1.97. The highest BCUT2D eigenvalue weighted by Gasteiger charge is 2.52. The van der Waals surface area contributed by atoms with E-state index >= 15 is 0 Å². The van der Waals surface area contributed by atoms with E-state index in [1.165, 1.54) is 6.92 Å². The van der Waals surface area contributed by atoms with Crippen molar-refractivity contribution in [3.63, 3.8) is 0 Å². The summed E-state index contributed by atoms with van der Waals surface area (Å²) < 4.78 is 12.2. The summed E-state index contributed by atoms with van der Waals surface area (Å²) in [5, 5.41) is 5.31. The molecule has 1 aromatic carbocycles. The average Bonchev–Trinajstić information content (AvgIpc) is 2.96. The van der Waals surface area contributed by atoms with Gasteiger partial charge in [-0.05, 0) is 44.8 Å². The molecule has 2 aliphatic rings. The highest BCUT2D eigenvalue weighted by Crippen LogP contribution is 2.39. The van der Waals surface area contributed by atoms with Gasteiger partial charge in [0.25, 0.3) is 11.7 Å². The first kappa shape index (κ1) is 19.3. The van der Waals surface area contributed by atoms with Crippen molar-refractivity contribution < 1.29 is 23.7 Å². The van der Waals surface area contributed by atoms with Gasteiger partial charge in [-0.1, -0.05) is 18.2 Å². The number of hydrogen-bond donors (Lipinski definition) is 2. The van der Waals surface area contributed by atoms with Crippen molar-refractivity contribution in [2.24, 2.45) is 0 Å². The van der Waals surface area contributed by atoms with Crippen LogP contribution in [0.15, 0.2) is 23.7 Å². The van der Waals surface area contributed by atoms with Gasteiger partial charge in [0.1, 0.15) is 0 Å². The van der Waals surface area contributed by atoms with Crippen LogP contribution in [0.4, 0.5) is 5.69 Å². The summed E-state index contributed by atoms with van der Waals surface area (Å²) >= 11 is 0. The SMILES string of the molecule is CC(=O)NCC(=Cc1cccc2c1C(=O)C(=O)N2)B1OC(C)(C)C(C)(C)O1. The molecule has 142 valence electrons. The molecule has 0 spiro atoms. The highest BCUT2D eigenvalue weighted by molar-refractivity contribution is 6.56. The van der Waals surface area contributed by atoms with Crippen molar-refractivity contribution in [2.75, 3.05) is 11.9 Å². The molecule has 1 saturated heterocycles. The number of ketones is 1. The molecule has 0 atom stereocenters. The molecule has 1 aromatic rings. The quantitative estimate of drug-likeness (QED) is 0.624. The second-order valence-corrected chi connectivity index (χ2v) is 7.77. The van der Waals surface area contributed by atoms with Gasteiger partial charge in [-0.15, -0.1) is 0 Å². The van der Waals surface area contributed by atoms with E-state index in [1.54, 1.807) is 24.3 Å². The largest absolute Gasteiger partial charge is 0.492 e. The summed E-state index contributed by atoms with van der Waals surface area (Å²) in [6.07, 6.45) is 1.75. The molecule has 0 unspecified atom stereocenters. The molecule has 7 nitrogen and oxygen atoms in total. The lowest BCUT2D eigenvalue weighted by atomic mass is 9.76. The second-order valence-electron chi connectivity index (χ2n) is 7.77. The van der Waals surface area contributed by atoms with E-state index in [0.29, 0.717) is 22.3 Å². The number of nitrogens with one attached hydrogen (secondary N) is 2. The molecule has 2 amide bonds. The lowest BCUT2D eigenvalue weighted by Gasteiger charge is -2.32. The molecule has 2 heterocycles. The minimum absolute atomic E-state index is 0.191. The van der Waals surface area contributed by atoms with E-state index in [9.17, 15) is 14.4 Å². The van der Waals surface area contributed by atoms with Crippen LogP contribution in [0.5, 0.6) is 0 Å². The normalized spacial score (nSPS) is 20.5. The number of carbonyl (C=O) groups is 3. The predicted molar refractivity (Wildman–Crippen MR) is 102 cm³/mol. The first-order valence-corrected chi connectivity index (χ1v) is 8.81. The van der Waals surface area contributed by atoms with E-state index in [-0.39, 0.29) is 12.5 Å². The van der Waals surface area contributed by atoms with Crippen molar-refractivity contribution in [3.8, 4) is 0 Å². The third kappa shape index (κ3) is 3.55. The van der Waals surface area contributed by atoms with Crippen LogP contribution < -0.4 is 10.6 Å². The molecule has 1 fully saturated rings.